The highest BCUT2D eigenvalue weighted by Crippen LogP contribution is 2.37. The summed E-state index contributed by atoms with van der Waals surface area (Å²) in [7, 11) is 0. The van der Waals surface area contributed by atoms with Crippen LogP contribution in [0.4, 0.5) is 4.39 Å². The van der Waals surface area contributed by atoms with Crippen LogP contribution in [0.1, 0.15) is 30.9 Å². The van der Waals surface area contributed by atoms with E-state index >= 15 is 0 Å². The Hall–Kier alpha value is -3.58. The van der Waals surface area contributed by atoms with Crippen molar-refractivity contribution in [1.29, 1.82) is 0 Å². The number of carbonyl (C=O) groups is 1. The third-order valence-electron chi connectivity index (χ3n) is 6.64. The topological polar surface area (TPSA) is 60.0 Å². The van der Waals surface area contributed by atoms with Gasteiger partial charge in [0.05, 0.1) is 0 Å². The molecule has 1 unspecified atom stereocenters. The summed E-state index contributed by atoms with van der Waals surface area (Å²) in [6.45, 7) is 5.52. The summed E-state index contributed by atoms with van der Waals surface area (Å²) in [6.07, 6.45) is 2.43. The van der Waals surface area contributed by atoms with Gasteiger partial charge in [-0.2, -0.15) is 0 Å². The van der Waals surface area contributed by atoms with Crippen molar-refractivity contribution in [3.8, 4) is 28.4 Å². The van der Waals surface area contributed by atoms with Gasteiger partial charge in [-0.15, -0.1) is 0 Å². The molecule has 0 spiro atoms. The fraction of sp³-hybridized carbons (Fsp3) is 0.345. The van der Waals surface area contributed by atoms with Gasteiger partial charge >= 0.3 is 0 Å². The van der Waals surface area contributed by atoms with Crippen LogP contribution >= 0.6 is 0 Å². The first kappa shape index (κ1) is 24.1. The number of benzene rings is 3. The highest BCUT2D eigenvalue weighted by Gasteiger charge is 2.20. The molecule has 7 heteroatoms. The molecule has 188 valence electrons. The molecule has 36 heavy (non-hydrogen) atoms. The smallest absolute Gasteiger partial charge is 0.258 e. The summed E-state index contributed by atoms with van der Waals surface area (Å²) in [5, 5.41) is 2.80. The van der Waals surface area contributed by atoms with Gasteiger partial charge < -0.3 is 19.5 Å². The zero-order valence-corrected chi connectivity index (χ0v) is 20.5. The zero-order valence-electron chi connectivity index (χ0n) is 20.5. The van der Waals surface area contributed by atoms with Crippen molar-refractivity contribution in [1.82, 2.24) is 10.2 Å². The van der Waals surface area contributed by atoms with E-state index in [0.29, 0.717) is 17.2 Å². The van der Waals surface area contributed by atoms with Crippen LogP contribution in [-0.4, -0.2) is 37.3 Å². The van der Waals surface area contributed by atoms with E-state index in [2.05, 4.69) is 23.2 Å². The summed E-state index contributed by atoms with van der Waals surface area (Å²) in [6, 6.07) is 18.2. The molecule has 1 fully saturated rings. The standard InChI is InChI=1S/C29H31FN2O4/c1-20-4-3-11-32(16-20)17-24-13-22(23-8-10-27-28(14-23)36-19-35-27)7-9-26(24)34-18-29(33)31-15-21-5-2-6-25(30)12-21/h2,5-10,12-14,20H,3-4,11,15-19H2,1H3,(H,31,33). The Balaban J connectivity index is 1.30. The SMILES string of the molecule is CC1CCCN(Cc2cc(-c3ccc4c(c3)OCO4)ccc2OCC(=O)NCc2cccc(F)c2)C1. The minimum atomic E-state index is -0.322. The third kappa shape index (κ3) is 5.97. The fourth-order valence-electron chi connectivity index (χ4n) is 4.81. The van der Waals surface area contributed by atoms with Gasteiger partial charge in [0.15, 0.2) is 18.1 Å². The van der Waals surface area contributed by atoms with Gasteiger partial charge in [-0.3, -0.25) is 9.69 Å². The summed E-state index contributed by atoms with van der Waals surface area (Å²) in [5.41, 5.74) is 3.83. The van der Waals surface area contributed by atoms with E-state index in [0.717, 1.165) is 47.8 Å². The van der Waals surface area contributed by atoms with Crippen LogP contribution < -0.4 is 19.5 Å². The largest absolute Gasteiger partial charge is 0.483 e. The van der Waals surface area contributed by atoms with E-state index in [4.69, 9.17) is 14.2 Å². The number of piperidine rings is 1. The lowest BCUT2D eigenvalue weighted by atomic mass is 9.98. The number of likely N-dealkylation sites (tertiary alicyclic amines) is 1. The molecule has 0 aliphatic carbocycles. The molecule has 2 heterocycles. The van der Waals surface area contributed by atoms with Gasteiger partial charge in [0.2, 0.25) is 6.79 Å². The molecule has 1 N–H and O–H groups in total. The molecule has 3 aromatic carbocycles. The van der Waals surface area contributed by atoms with E-state index in [-0.39, 0.29) is 31.7 Å². The Morgan fingerprint density at radius 1 is 1.08 bits per heavy atom. The summed E-state index contributed by atoms with van der Waals surface area (Å²) >= 11 is 0. The number of nitrogens with one attached hydrogen (secondary N) is 1. The highest BCUT2D eigenvalue weighted by molar-refractivity contribution is 5.77. The monoisotopic (exact) mass is 490 g/mol. The van der Waals surface area contributed by atoms with Crippen LogP contribution in [0.25, 0.3) is 11.1 Å². The van der Waals surface area contributed by atoms with Gasteiger partial charge in [0.25, 0.3) is 5.91 Å². The van der Waals surface area contributed by atoms with Crippen LogP contribution in [0.5, 0.6) is 17.2 Å². The minimum Gasteiger partial charge on any atom is -0.483 e. The Morgan fingerprint density at radius 3 is 2.78 bits per heavy atom. The zero-order chi connectivity index (χ0) is 24.9. The van der Waals surface area contributed by atoms with Crippen LogP contribution in [0.2, 0.25) is 0 Å². The summed E-state index contributed by atoms with van der Waals surface area (Å²) < 4.78 is 30.4. The minimum absolute atomic E-state index is 0.109. The number of nitrogens with zero attached hydrogens (tertiary/aromatic N) is 1. The maximum absolute atomic E-state index is 13.4. The predicted molar refractivity (Wildman–Crippen MR) is 135 cm³/mol. The number of halogens is 1. The van der Waals surface area contributed by atoms with E-state index in [9.17, 15) is 9.18 Å². The normalized spacial score (nSPS) is 17.1. The lowest BCUT2D eigenvalue weighted by Gasteiger charge is -2.31. The number of hydrogen-bond acceptors (Lipinski definition) is 5. The number of fused-ring (bicyclic) bond motifs is 1. The third-order valence-corrected chi connectivity index (χ3v) is 6.64. The van der Waals surface area contributed by atoms with E-state index < -0.39 is 0 Å². The molecule has 3 aromatic rings. The maximum atomic E-state index is 13.4. The van der Waals surface area contributed by atoms with E-state index in [1.807, 2.05) is 30.3 Å². The van der Waals surface area contributed by atoms with Gasteiger partial charge in [-0.25, -0.2) is 4.39 Å². The highest BCUT2D eigenvalue weighted by atomic mass is 19.1. The molecular formula is C29H31FN2O4. The van der Waals surface area contributed by atoms with Crippen molar-refractivity contribution >= 4 is 5.91 Å². The molecule has 1 saturated heterocycles. The summed E-state index contributed by atoms with van der Waals surface area (Å²) in [4.78, 5) is 14.9. The number of amides is 1. The Kier molecular flexibility index (Phi) is 7.37. The molecule has 2 aliphatic heterocycles. The molecule has 5 rings (SSSR count). The molecule has 0 bridgehead atoms. The first-order valence-electron chi connectivity index (χ1n) is 12.4. The van der Waals surface area contributed by atoms with Crippen molar-refractivity contribution < 1.29 is 23.4 Å². The first-order valence-corrected chi connectivity index (χ1v) is 12.4. The lowest BCUT2D eigenvalue weighted by Crippen LogP contribution is -2.34. The van der Waals surface area contributed by atoms with Gasteiger partial charge in [-0.1, -0.05) is 31.2 Å². The second-order valence-electron chi connectivity index (χ2n) is 9.57. The molecule has 0 saturated carbocycles. The molecule has 6 nitrogen and oxygen atoms in total. The van der Waals surface area contributed by atoms with Crippen molar-refractivity contribution in [2.24, 2.45) is 5.92 Å². The summed E-state index contributed by atoms with van der Waals surface area (Å²) in [5.74, 6) is 2.28. The van der Waals surface area contributed by atoms with Gasteiger partial charge in [0.1, 0.15) is 11.6 Å². The van der Waals surface area contributed by atoms with Crippen LogP contribution in [0, 0.1) is 11.7 Å². The number of carbonyl (C=O) groups excluding carboxylic acids is 1. The fourth-order valence-corrected chi connectivity index (χ4v) is 4.81. The molecular weight excluding hydrogens is 459 g/mol. The second-order valence-corrected chi connectivity index (χ2v) is 9.57. The van der Waals surface area contributed by atoms with Crippen molar-refractivity contribution in [3.05, 3.63) is 77.6 Å². The molecule has 0 radical (unpaired) electrons. The van der Waals surface area contributed by atoms with E-state index in [1.165, 1.54) is 25.0 Å². The van der Waals surface area contributed by atoms with Crippen LogP contribution in [-0.2, 0) is 17.9 Å². The van der Waals surface area contributed by atoms with Gasteiger partial charge in [-0.05, 0) is 78.4 Å². The average molecular weight is 491 g/mol. The predicted octanol–water partition coefficient (Wildman–Crippen LogP) is 5.15. The number of ether oxygens (including phenoxy) is 3. The molecule has 0 aromatic heterocycles. The lowest BCUT2D eigenvalue weighted by molar-refractivity contribution is -0.123. The molecule has 2 aliphatic rings. The van der Waals surface area contributed by atoms with Crippen LogP contribution in [0.15, 0.2) is 60.7 Å². The quantitative estimate of drug-likeness (QED) is 0.473. The Bertz CT molecular complexity index is 1230. The Labute approximate surface area is 211 Å². The average Bonchev–Trinajstić information content (AvgIpc) is 3.35. The molecule has 1 amide bonds. The Morgan fingerprint density at radius 2 is 1.92 bits per heavy atom. The van der Waals surface area contributed by atoms with Crippen molar-refractivity contribution in [2.75, 3.05) is 26.5 Å². The van der Waals surface area contributed by atoms with E-state index in [1.54, 1.807) is 12.1 Å². The molecule has 1 atom stereocenters. The first-order chi connectivity index (χ1) is 17.5. The number of rotatable bonds is 8. The van der Waals surface area contributed by atoms with Crippen molar-refractivity contribution in [3.63, 3.8) is 0 Å². The second kappa shape index (κ2) is 11.0. The number of hydrogen-bond donors (Lipinski definition) is 1. The van der Waals surface area contributed by atoms with Gasteiger partial charge in [0, 0.05) is 25.2 Å². The maximum Gasteiger partial charge on any atom is 0.258 e. The van der Waals surface area contributed by atoms with Crippen molar-refractivity contribution in [2.45, 2.75) is 32.9 Å². The van der Waals surface area contributed by atoms with Crippen LogP contribution in [0.3, 0.4) is 0 Å².